The van der Waals surface area contributed by atoms with E-state index in [2.05, 4.69) is 36.2 Å². The Kier molecular flexibility index (Phi) is 4.61. The largest absolute Gasteiger partial charge is 0.365 e. The molecule has 3 rings (SSSR count). The number of nitrogens with zero attached hydrogens (tertiary/aromatic N) is 5. The van der Waals surface area contributed by atoms with Crippen LogP contribution in [-0.4, -0.2) is 48.2 Å². The average molecular weight is 381 g/mol. The molecule has 3 heterocycles. The Hall–Kier alpha value is -1.96. The molecule has 0 radical (unpaired) electrons. The summed E-state index contributed by atoms with van der Waals surface area (Å²) in [7, 11) is 3.80. The highest BCUT2D eigenvalue weighted by molar-refractivity contribution is 9.10. The van der Waals surface area contributed by atoms with Crippen LogP contribution in [0.5, 0.6) is 0 Å². The van der Waals surface area contributed by atoms with Gasteiger partial charge >= 0.3 is 0 Å². The first-order chi connectivity index (χ1) is 11.0. The number of anilines is 3. The topological polar surface area (TPSA) is 57.2 Å². The Morgan fingerprint density at radius 3 is 2.96 bits per heavy atom. The molecule has 1 aliphatic heterocycles. The number of pyridine rings is 1. The van der Waals surface area contributed by atoms with Crippen LogP contribution in [0.15, 0.2) is 29.0 Å². The number of rotatable bonds is 4. The van der Waals surface area contributed by atoms with Gasteiger partial charge < -0.3 is 15.1 Å². The van der Waals surface area contributed by atoms with Crippen LogP contribution in [-0.2, 0) is 0 Å². The molecule has 1 fully saturated rings. The van der Waals surface area contributed by atoms with Crippen LogP contribution in [0, 0.1) is 5.82 Å². The fourth-order valence-electron chi connectivity index (χ4n) is 2.56. The van der Waals surface area contributed by atoms with Gasteiger partial charge in [0.2, 0.25) is 5.95 Å². The van der Waals surface area contributed by atoms with Crippen LogP contribution in [0.1, 0.15) is 6.42 Å². The van der Waals surface area contributed by atoms with Gasteiger partial charge in [-0.2, -0.15) is 4.98 Å². The van der Waals surface area contributed by atoms with E-state index in [-0.39, 0.29) is 11.9 Å². The maximum atomic E-state index is 14.0. The van der Waals surface area contributed by atoms with Gasteiger partial charge in [-0.15, -0.1) is 0 Å². The molecule has 1 N–H and O–H groups in total. The Labute approximate surface area is 142 Å². The van der Waals surface area contributed by atoms with E-state index >= 15 is 0 Å². The lowest BCUT2D eigenvalue weighted by molar-refractivity contribution is 0.614. The van der Waals surface area contributed by atoms with E-state index < -0.39 is 0 Å². The first-order valence-electron chi connectivity index (χ1n) is 7.36. The molecule has 1 unspecified atom stereocenters. The Balaban J connectivity index is 1.67. The SMILES string of the molecule is CN(C)c1nccc(NC2CCN(c3ncc(Br)cc3F)C2)n1. The van der Waals surface area contributed by atoms with Gasteiger partial charge in [0.05, 0.1) is 0 Å². The third kappa shape index (κ3) is 3.69. The normalized spacial score (nSPS) is 17.4. The summed E-state index contributed by atoms with van der Waals surface area (Å²) in [5.41, 5.74) is 0. The highest BCUT2D eigenvalue weighted by Gasteiger charge is 2.25. The highest BCUT2D eigenvalue weighted by Crippen LogP contribution is 2.24. The molecular weight excluding hydrogens is 363 g/mol. The zero-order chi connectivity index (χ0) is 16.4. The molecule has 8 heteroatoms. The summed E-state index contributed by atoms with van der Waals surface area (Å²) in [6, 6.07) is 3.48. The Morgan fingerprint density at radius 1 is 1.39 bits per heavy atom. The molecule has 2 aromatic heterocycles. The van der Waals surface area contributed by atoms with Crippen molar-refractivity contribution in [3.8, 4) is 0 Å². The Bertz CT molecular complexity index is 695. The zero-order valence-electron chi connectivity index (χ0n) is 13.0. The standard InChI is InChI=1S/C15H18BrFN6/c1-22(2)15-18-5-3-13(21-15)20-11-4-6-23(9-11)14-12(17)7-10(16)8-19-14/h3,5,7-8,11H,4,6,9H2,1-2H3,(H,18,20,21). The third-order valence-electron chi connectivity index (χ3n) is 3.67. The summed E-state index contributed by atoms with van der Waals surface area (Å²) in [6.07, 6.45) is 4.25. The van der Waals surface area contributed by atoms with Crippen molar-refractivity contribution in [2.75, 3.05) is 42.3 Å². The van der Waals surface area contributed by atoms with Gasteiger partial charge in [0.25, 0.3) is 0 Å². The van der Waals surface area contributed by atoms with Crippen LogP contribution in [0.2, 0.25) is 0 Å². The van der Waals surface area contributed by atoms with Crippen molar-refractivity contribution in [3.05, 3.63) is 34.8 Å². The summed E-state index contributed by atoms with van der Waals surface area (Å²) in [4.78, 5) is 16.6. The number of hydrogen-bond donors (Lipinski definition) is 1. The molecule has 23 heavy (non-hydrogen) atoms. The summed E-state index contributed by atoms with van der Waals surface area (Å²) < 4.78 is 14.7. The van der Waals surface area contributed by atoms with E-state index in [1.807, 2.05) is 30.0 Å². The zero-order valence-corrected chi connectivity index (χ0v) is 14.6. The van der Waals surface area contributed by atoms with Gasteiger partial charge in [-0.25, -0.2) is 14.4 Å². The molecule has 1 saturated heterocycles. The first-order valence-corrected chi connectivity index (χ1v) is 8.15. The molecule has 0 saturated carbocycles. The second-order valence-electron chi connectivity index (χ2n) is 5.67. The van der Waals surface area contributed by atoms with E-state index in [0.29, 0.717) is 22.8 Å². The second-order valence-corrected chi connectivity index (χ2v) is 6.59. The molecule has 1 atom stereocenters. The van der Waals surface area contributed by atoms with E-state index in [1.54, 1.807) is 12.4 Å². The molecule has 0 bridgehead atoms. The summed E-state index contributed by atoms with van der Waals surface area (Å²) in [6.45, 7) is 1.45. The third-order valence-corrected chi connectivity index (χ3v) is 4.10. The monoisotopic (exact) mass is 380 g/mol. The predicted molar refractivity (Wildman–Crippen MR) is 92.5 cm³/mol. The van der Waals surface area contributed by atoms with Gasteiger partial charge in [0.15, 0.2) is 11.6 Å². The van der Waals surface area contributed by atoms with Gasteiger partial charge in [-0.1, -0.05) is 0 Å². The maximum absolute atomic E-state index is 14.0. The van der Waals surface area contributed by atoms with E-state index in [0.717, 1.165) is 18.8 Å². The number of hydrogen-bond acceptors (Lipinski definition) is 6. The fourth-order valence-corrected chi connectivity index (χ4v) is 2.87. The molecule has 2 aromatic rings. The molecule has 6 nitrogen and oxygen atoms in total. The van der Waals surface area contributed by atoms with Crippen molar-refractivity contribution in [2.24, 2.45) is 0 Å². The summed E-state index contributed by atoms with van der Waals surface area (Å²) in [5.74, 6) is 1.52. The van der Waals surface area contributed by atoms with E-state index in [9.17, 15) is 4.39 Å². The second kappa shape index (κ2) is 6.66. The lowest BCUT2D eigenvalue weighted by Gasteiger charge is -2.19. The van der Waals surface area contributed by atoms with Gasteiger partial charge in [-0.05, 0) is 34.5 Å². The number of halogens is 2. The predicted octanol–water partition coefficient (Wildman–Crippen LogP) is 2.53. The first kappa shape index (κ1) is 15.9. The highest BCUT2D eigenvalue weighted by atomic mass is 79.9. The van der Waals surface area contributed by atoms with Gasteiger partial charge in [-0.3, -0.25) is 0 Å². The van der Waals surface area contributed by atoms with Crippen molar-refractivity contribution >= 4 is 33.5 Å². The number of nitrogens with one attached hydrogen (secondary N) is 1. The summed E-state index contributed by atoms with van der Waals surface area (Å²) >= 11 is 3.23. The van der Waals surface area contributed by atoms with Crippen LogP contribution >= 0.6 is 15.9 Å². The van der Waals surface area contributed by atoms with Crippen molar-refractivity contribution < 1.29 is 4.39 Å². The molecule has 0 amide bonds. The lowest BCUT2D eigenvalue weighted by Crippen LogP contribution is -2.27. The quantitative estimate of drug-likeness (QED) is 0.879. The van der Waals surface area contributed by atoms with Crippen molar-refractivity contribution in [1.82, 2.24) is 15.0 Å². The minimum absolute atomic E-state index is 0.199. The van der Waals surface area contributed by atoms with Gasteiger partial charge in [0, 0.05) is 50.1 Å². The van der Waals surface area contributed by atoms with Crippen molar-refractivity contribution in [2.45, 2.75) is 12.5 Å². The lowest BCUT2D eigenvalue weighted by atomic mass is 10.2. The minimum Gasteiger partial charge on any atom is -0.365 e. The van der Waals surface area contributed by atoms with Crippen molar-refractivity contribution in [3.63, 3.8) is 0 Å². The van der Waals surface area contributed by atoms with E-state index in [4.69, 9.17) is 0 Å². The smallest absolute Gasteiger partial charge is 0.226 e. The van der Waals surface area contributed by atoms with Gasteiger partial charge in [0.1, 0.15) is 5.82 Å². The molecule has 1 aliphatic rings. The van der Waals surface area contributed by atoms with Crippen molar-refractivity contribution in [1.29, 1.82) is 0 Å². The maximum Gasteiger partial charge on any atom is 0.226 e. The fraction of sp³-hybridized carbons (Fsp3) is 0.400. The van der Waals surface area contributed by atoms with Crippen LogP contribution in [0.4, 0.5) is 22.0 Å². The molecule has 122 valence electrons. The van der Waals surface area contributed by atoms with E-state index in [1.165, 1.54) is 6.07 Å². The van der Waals surface area contributed by atoms with Crippen LogP contribution < -0.4 is 15.1 Å². The summed E-state index contributed by atoms with van der Waals surface area (Å²) in [5, 5.41) is 3.39. The molecular formula is C15H18BrFN6. The molecule has 0 aromatic carbocycles. The molecule has 0 aliphatic carbocycles. The average Bonchev–Trinajstić information content (AvgIpc) is 2.95. The minimum atomic E-state index is -0.308. The molecule has 0 spiro atoms. The number of aromatic nitrogens is 3. The van der Waals surface area contributed by atoms with Crippen LogP contribution in [0.25, 0.3) is 0 Å². The Morgan fingerprint density at radius 2 is 2.22 bits per heavy atom. The van der Waals surface area contributed by atoms with Crippen LogP contribution in [0.3, 0.4) is 0 Å².